The van der Waals surface area contributed by atoms with Gasteiger partial charge >= 0.3 is 0 Å². The number of fused-ring (bicyclic) bond motifs is 1. The average molecular weight is 530 g/mol. The second kappa shape index (κ2) is 10.3. The van der Waals surface area contributed by atoms with Crippen molar-refractivity contribution in [2.45, 2.75) is 20.4 Å². The fourth-order valence-corrected chi connectivity index (χ4v) is 5.47. The number of hydrogen-bond acceptors (Lipinski definition) is 4. The van der Waals surface area contributed by atoms with E-state index in [-0.39, 0.29) is 11.4 Å². The number of nitrogens with one attached hydrogen (secondary N) is 1. The Balaban J connectivity index is 1.43. The van der Waals surface area contributed by atoms with E-state index in [9.17, 15) is 14.4 Å². The SMILES string of the molecule is Cc1ccccc1NC(=O)CN1C(=O)S/C(=C\c2c(C)n(Cc3ccccc3Cl)c3ccccc23)C1=O. The van der Waals surface area contributed by atoms with Crippen LogP contribution in [0.3, 0.4) is 0 Å². The molecule has 0 radical (unpaired) electrons. The smallest absolute Gasteiger partial charge is 0.294 e. The van der Waals surface area contributed by atoms with Gasteiger partial charge in [-0.15, -0.1) is 0 Å². The summed E-state index contributed by atoms with van der Waals surface area (Å²) in [6.07, 6.45) is 1.75. The number of carbonyl (C=O) groups excluding carboxylic acids is 3. The first-order valence-electron chi connectivity index (χ1n) is 11.8. The molecule has 0 spiro atoms. The molecule has 1 saturated heterocycles. The van der Waals surface area contributed by atoms with Crippen LogP contribution in [0.4, 0.5) is 10.5 Å². The maximum absolute atomic E-state index is 13.2. The van der Waals surface area contributed by atoms with Crippen LogP contribution >= 0.6 is 23.4 Å². The predicted molar refractivity (Wildman–Crippen MR) is 150 cm³/mol. The summed E-state index contributed by atoms with van der Waals surface area (Å²) in [4.78, 5) is 39.8. The van der Waals surface area contributed by atoms with E-state index in [1.165, 1.54) is 0 Å². The van der Waals surface area contributed by atoms with Crippen LogP contribution in [-0.4, -0.2) is 33.1 Å². The number of hydrogen-bond donors (Lipinski definition) is 1. The largest absolute Gasteiger partial charge is 0.340 e. The van der Waals surface area contributed by atoms with Crippen molar-refractivity contribution >= 4 is 63.1 Å². The summed E-state index contributed by atoms with van der Waals surface area (Å²) in [5.41, 5.74) is 5.34. The molecule has 2 heterocycles. The lowest BCUT2D eigenvalue weighted by molar-refractivity contribution is -0.127. The van der Waals surface area contributed by atoms with Crippen molar-refractivity contribution in [3.8, 4) is 0 Å². The predicted octanol–water partition coefficient (Wildman–Crippen LogP) is 6.63. The van der Waals surface area contributed by atoms with Crippen LogP contribution < -0.4 is 5.32 Å². The number of thioether (sulfide) groups is 1. The van der Waals surface area contributed by atoms with Crippen molar-refractivity contribution in [1.29, 1.82) is 0 Å². The Bertz CT molecular complexity index is 1590. The summed E-state index contributed by atoms with van der Waals surface area (Å²) >= 11 is 7.27. The van der Waals surface area contributed by atoms with E-state index in [2.05, 4.69) is 9.88 Å². The van der Waals surface area contributed by atoms with Gasteiger partial charge in [-0.1, -0.05) is 66.2 Å². The number of nitrogens with zero attached hydrogens (tertiary/aromatic N) is 2. The second-order valence-electron chi connectivity index (χ2n) is 8.82. The molecule has 0 atom stereocenters. The molecular formula is C29H24ClN3O3S. The number of rotatable bonds is 6. The maximum atomic E-state index is 13.2. The highest BCUT2D eigenvalue weighted by Gasteiger charge is 2.36. The summed E-state index contributed by atoms with van der Waals surface area (Å²) in [7, 11) is 0. The lowest BCUT2D eigenvalue weighted by Crippen LogP contribution is -2.36. The minimum atomic E-state index is -0.475. The van der Waals surface area contributed by atoms with Gasteiger partial charge in [-0.25, -0.2) is 0 Å². The lowest BCUT2D eigenvalue weighted by Gasteiger charge is -2.13. The minimum absolute atomic E-state index is 0.289. The zero-order valence-corrected chi connectivity index (χ0v) is 21.9. The van der Waals surface area contributed by atoms with Gasteiger partial charge in [-0.2, -0.15) is 0 Å². The number of imide groups is 1. The Labute approximate surface area is 223 Å². The van der Waals surface area contributed by atoms with Crippen molar-refractivity contribution < 1.29 is 14.4 Å². The maximum Gasteiger partial charge on any atom is 0.294 e. The Morgan fingerprint density at radius 3 is 2.46 bits per heavy atom. The monoisotopic (exact) mass is 529 g/mol. The lowest BCUT2D eigenvalue weighted by atomic mass is 10.1. The van der Waals surface area contributed by atoms with Gasteiger partial charge < -0.3 is 9.88 Å². The van der Waals surface area contributed by atoms with Crippen LogP contribution in [0.5, 0.6) is 0 Å². The van der Waals surface area contributed by atoms with Gasteiger partial charge in [0, 0.05) is 39.4 Å². The van der Waals surface area contributed by atoms with Crippen LogP contribution in [0.1, 0.15) is 22.4 Å². The molecule has 6 nitrogen and oxygen atoms in total. The highest BCUT2D eigenvalue weighted by molar-refractivity contribution is 8.18. The number of para-hydroxylation sites is 2. The fourth-order valence-electron chi connectivity index (χ4n) is 4.45. The highest BCUT2D eigenvalue weighted by Crippen LogP contribution is 2.36. The average Bonchev–Trinajstić information content (AvgIpc) is 3.30. The number of carbonyl (C=O) groups is 3. The topological polar surface area (TPSA) is 71.4 Å². The molecule has 1 aliphatic rings. The van der Waals surface area contributed by atoms with Gasteiger partial charge in [-0.3, -0.25) is 19.3 Å². The van der Waals surface area contributed by atoms with Gasteiger partial charge in [0.05, 0.1) is 4.91 Å². The molecule has 0 bridgehead atoms. The summed E-state index contributed by atoms with van der Waals surface area (Å²) in [5.74, 6) is -0.900. The number of aromatic nitrogens is 1. The Morgan fingerprint density at radius 1 is 0.973 bits per heavy atom. The van der Waals surface area contributed by atoms with Gasteiger partial charge in [0.2, 0.25) is 5.91 Å². The Hall–Kier alpha value is -3.81. The summed E-state index contributed by atoms with van der Waals surface area (Å²) in [6, 6.07) is 23.0. The molecule has 5 rings (SSSR count). The first-order valence-corrected chi connectivity index (χ1v) is 12.9. The second-order valence-corrected chi connectivity index (χ2v) is 10.2. The van der Waals surface area contributed by atoms with E-state index in [4.69, 9.17) is 11.6 Å². The van der Waals surface area contributed by atoms with E-state index in [0.29, 0.717) is 17.3 Å². The molecule has 0 saturated carbocycles. The first kappa shape index (κ1) is 24.9. The standard InChI is InChI=1S/C29H24ClN3O3S/c1-18-9-3-7-13-24(18)31-27(34)17-33-28(35)26(37-29(33)36)15-22-19(2)32(25-14-8-5-11-21(22)25)16-20-10-4-6-12-23(20)30/h3-15H,16-17H2,1-2H3,(H,31,34)/b26-15-. The summed E-state index contributed by atoms with van der Waals surface area (Å²) < 4.78 is 2.16. The third kappa shape index (κ3) is 4.92. The Kier molecular flexibility index (Phi) is 6.91. The third-order valence-electron chi connectivity index (χ3n) is 6.44. The van der Waals surface area contributed by atoms with Crippen LogP contribution in [0.25, 0.3) is 17.0 Å². The number of benzene rings is 3. The molecule has 1 fully saturated rings. The van der Waals surface area contributed by atoms with E-state index in [1.807, 2.05) is 80.6 Å². The fraction of sp³-hybridized carbons (Fsp3) is 0.138. The van der Waals surface area contributed by atoms with E-state index < -0.39 is 17.1 Å². The van der Waals surface area contributed by atoms with Gasteiger partial charge in [0.15, 0.2) is 0 Å². The number of aryl methyl sites for hydroxylation is 1. The quantitative estimate of drug-likeness (QED) is 0.284. The first-order chi connectivity index (χ1) is 17.8. The van der Waals surface area contributed by atoms with Gasteiger partial charge in [0.1, 0.15) is 6.54 Å². The zero-order chi connectivity index (χ0) is 26.1. The normalized spacial score (nSPS) is 14.7. The number of amides is 3. The van der Waals surface area contributed by atoms with Crippen molar-refractivity contribution in [2.24, 2.45) is 0 Å². The molecule has 8 heteroatoms. The van der Waals surface area contributed by atoms with Crippen molar-refractivity contribution in [3.63, 3.8) is 0 Å². The third-order valence-corrected chi connectivity index (χ3v) is 7.71. The molecule has 37 heavy (non-hydrogen) atoms. The molecule has 0 unspecified atom stereocenters. The van der Waals surface area contributed by atoms with E-state index in [1.54, 1.807) is 12.1 Å². The molecule has 0 aliphatic carbocycles. The zero-order valence-electron chi connectivity index (χ0n) is 20.3. The molecule has 4 aromatic rings. The van der Waals surface area contributed by atoms with Crippen LogP contribution in [-0.2, 0) is 16.1 Å². The van der Waals surface area contributed by atoms with Crippen molar-refractivity contribution in [1.82, 2.24) is 9.47 Å². The van der Waals surface area contributed by atoms with Crippen molar-refractivity contribution in [2.75, 3.05) is 11.9 Å². The van der Waals surface area contributed by atoms with Gasteiger partial charge in [0.25, 0.3) is 11.1 Å². The Morgan fingerprint density at radius 2 is 1.68 bits per heavy atom. The van der Waals surface area contributed by atoms with Gasteiger partial charge in [-0.05, 0) is 61.0 Å². The highest BCUT2D eigenvalue weighted by atomic mass is 35.5. The molecule has 1 aromatic heterocycles. The molecule has 3 amide bonds. The molecule has 186 valence electrons. The number of anilines is 1. The summed E-state index contributed by atoms with van der Waals surface area (Å²) in [6.45, 7) is 4.09. The van der Waals surface area contributed by atoms with E-state index >= 15 is 0 Å². The van der Waals surface area contributed by atoms with Crippen LogP contribution in [0.15, 0.2) is 77.7 Å². The van der Waals surface area contributed by atoms with Crippen LogP contribution in [0, 0.1) is 13.8 Å². The molecule has 3 aromatic carbocycles. The molecule has 1 aliphatic heterocycles. The minimum Gasteiger partial charge on any atom is -0.340 e. The molecule has 1 N–H and O–H groups in total. The number of halogens is 1. The summed E-state index contributed by atoms with van der Waals surface area (Å²) in [5, 5.41) is 3.97. The van der Waals surface area contributed by atoms with E-state index in [0.717, 1.165) is 49.9 Å². The van der Waals surface area contributed by atoms with Crippen LogP contribution in [0.2, 0.25) is 5.02 Å². The molecular weight excluding hydrogens is 506 g/mol. The van der Waals surface area contributed by atoms with Crippen molar-refractivity contribution in [3.05, 3.63) is 105 Å².